The van der Waals surface area contributed by atoms with Gasteiger partial charge in [-0.15, -0.1) is 10.2 Å². The van der Waals surface area contributed by atoms with Gasteiger partial charge in [0.2, 0.25) is 17.7 Å². The summed E-state index contributed by atoms with van der Waals surface area (Å²) in [6.45, 7) is 2.01. The lowest BCUT2D eigenvalue weighted by molar-refractivity contribution is -0.115. The fourth-order valence-corrected chi connectivity index (χ4v) is 3.19. The molecule has 4 rings (SSSR count). The van der Waals surface area contributed by atoms with Crippen molar-refractivity contribution in [1.29, 1.82) is 0 Å². The molecule has 3 aromatic carbocycles. The van der Waals surface area contributed by atoms with Crippen molar-refractivity contribution in [3.05, 3.63) is 83.9 Å². The zero-order valence-corrected chi connectivity index (χ0v) is 16.8. The quantitative estimate of drug-likeness (QED) is 0.499. The zero-order chi connectivity index (χ0) is 20.9. The molecule has 0 atom stereocenters. The number of methoxy groups -OCH3 is 1. The number of ether oxygens (including phenoxy) is 1. The molecule has 30 heavy (non-hydrogen) atoms. The molecular weight excluding hydrogens is 378 g/mol. The van der Waals surface area contributed by atoms with E-state index in [4.69, 9.17) is 9.15 Å². The van der Waals surface area contributed by atoms with Crippen molar-refractivity contribution in [3.8, 4) is 28.7 Å². The van der Waals surface area contributed by atoms with Crippen LogP contribution in [-0.4, -0.2) is 23.2 Å². The Hall–Kier alpha value is -3.93. The molecule has 0 radical (unpaired) electrons. The summed E-state index contributed by atoms with van der Waals surface area (Å²) in [7, 11) is 1.59. The second kappa shape index (κ2) is 8.61. The smallest absolute Gasteiger partial charge is 0.248 e. The molecule has 1 heterocycles. The summed E-state index contributed by atoms with van der Waals surface area (Å²) in [6.07, 6.45) is 0.215. The van der Waals surface area contributed by atoms with E-state index in [1.165, 1.54) is 0 Å². The maximum Gasteiger partial charge on any atom is 0.248 e. The Bertz CT molecular complexity index is 1180. The first-order valence-corrected chi connectivity index (χ1v) is 9.55. The minimum atomic E-state index is -0.136. The molecule has 150 valence electrons. The highest BCUT2D eigenvalue weighted by atomic mass is 16.5. The van der Waals surface area contributed by atoms with E-state index in [0.29, 0.717) is 23.2 Å². The number of aromatic nitrogens is 2. The van der Waals surface area contributed by atoms with Crippen molar-refractivity contribution >= 4 is 11.6 Å². The number of carbonyl (C=O) groups excluding carboxylic acids is 1. The van der Waals surface area contributed by atoms with Gasteiger partial charge in [-0.1, -0.05) is 42.0 Å². The first-order chi connectivity index (χ1) is 14.6. The monoisotopic (exact) mass is 399 g/mol. The van der Waals surface area contributed by atoms with Crippen LogP contribution < -0.4 is 10.1 Å². The molecule has 0 unspecified atom stereocenters. The lowest BCUT2D eigenvalue weighted by atomic mass is 10.1. The van der Waals surface area contributed by atoms with Crippen LogP contribution in [0.1, 0.15) is 11.1 Å². The van der Waals surface area contributed by atoms with Crippen molar-refractivity contribution < 1.29 is 13.9 Å². The van der Waals surface area contributed by atoms with Crippen LogP contribution in [0, 0.1) is 6.92 Å². The van der Waals surface area contributed by atoms with E-state index in [2.05, 4.69) is 15.5 Å². The van der Waals surface area contributed by atoms with Gasteiger partial charge in [0.1, 0.15) is 5.75 Å². The normalized spacial score (nSPS) is 10.6. The molecule has 0 saturated carbocycles. The molecule has 1 amide bonds. The minimum Gasteiger partial charge on any atom is -0.496 e. The first-order valence-electron chi connectivity index (χ1n) is 9.55. The summed E-state index contributed by atoms with van der Waals surface area (Å²) in [5.74, 6) is 1.41. The fourth-order valence-electron chi connectivity index (χ4n) is 3.19. The number of rotatable bonds is 6. The van der Waals surface area contributed by atoms with Gasteiger partial charge in [0, 0.05) is 22.4 Å². The molecule has 0 fully saturated rings. The number of aryl methyl sites for hydroxylation is 1. The molecule has 0 saturated heterocycles. The molecular formula is C24H21N3O3. The Balaban J connectivity index is 1.50. The summed E-state index contributed by atoms with van der Waals surface area (Å²) in [6, 6.07) is 22.7. The lowest BCUT2D eigenvalue weighted by Gasteiger charge is -2.09. The molecule has 0 spiro atoms. The molecule has 1 N–H and O–H groups in total. The Morgan fingerprint density at radius 3 is 2.37 bits per heavy atom. The number of anilines is 1. The van der Waals surface area contributed by atoms with E-state index in [0.717, 1.165) is 22.3 Å². The fraction of sp³-hybridized carbons (Fsp3) is 0.125. The Labute approximate surface area is 174 Å². The molecule has 6 nitrogen and oxygen atoms in total. The third-order valence-corrected chi connectivity index (χ3v) is 4.63. The van der Waals surface area contributed by atoms with Crippen molar-refractivity contribution in [2.24, 2.45) is 0 Å². The van der Waals surface area contributed by atoms with E-state index < -0.39 is 0 Å². The van der Waals surface area contributed by atoms with Crippen LogP contribution in [0.25, 0.3) is 22.9 Å². The minimum absolute atomic E-state index is 0.136. The SMILES string of the molecule is COc1ccccc1CC(=O)Nc1cccc(-c2nnc(-c3cccc(C)c3)o2)c1. The Kier molecular flexibility index (Phi) is 5.57. The van der Waals surface area contributed by atoms with Gasteiger partial charge in [-0.05, 0) is 43.3 Å². The van der Waals surface area contributed by atoms with Gasteiger partial charge < -0.3 is 14.5 Å². The van der Waals surface area contributed by atoms with Gasteiger partial charge >= 0.3 is 0 Å². The number of para-hydroxylation sites is 1. The van der Waals surface area contributed by atoms with Crippen LogP contribution in [0.2, 0.25) is 0 Å². The Morgan fingerprint density at radius 2 is 1.63 bits per heavy atom. The topological polar surface area (TPSA) is 77.2 Å². The summed E-state index contributed by atoms with van der Waals surface area (Å²) in [4.78, 5) is 12.5. The van der Waals surface area contributed by atoms with Gasteiger partial charge in [-0.2, -0.15) is 0 Å². The average molecular weight is 399 g/mol. The summed E-state index contributed by atoms with van der Waals surface area (Å²) in [5.41, 5.74) is 4.20. The number of hydrogen-bond donors (Lipinski definition) is 1. The third-order valence-electron chi connectivity index (χ3n) is 4.63. The number of hydrogen-bond acceptors (Lipinski definition) is 5. The van der Waals surface area contributed by atoms with E-state index in [-0.39, 0.29) is 12.3 Å². The maximum absolute atomic E-state index is 12.5. The van der Waals surface area contributed by atoms with Crippen LogP contribution in [0.5, 0.6) is 5.75 Å². The van der Waals surface area contributed by atoms with Crippen LogP contribution in [0.4, 0.5) is 5.69 Å². The van der Waals surface area contributed by atoms with Crippen molar-refractivity contribution in [2.45, 2.75) is 13.3 Å². The second-order valence-corrected chi connectivity index (χ2v) is 6.90. The molecule has 0 aliphatic rings. The van der Waals surface area contributed by atoms with Crippen LogP contribution in [0.15, 0.2) is 77.2 Å². The lowest BCUT2D eigenvalue weighted by Crippen LogP contribution is -2.14. The van der Waals surface area contributed by atoms with Crippen molar-refractivity contribution in [3.63, 3.8) is 0 Å². The summed E-state index contributed by atoms with van der Waals surface area (Å²) in [5, 5.41) is 11.2. The summed E-state index contributed by atoms with van der Waals surface area (Å²) >= 11 is 0. The van der Waals surface area contributed by atoms with E-state index >= 15 is 0 Å². The van der Waals surface area contributed by atoms with E-state index in [1.54, 1.807) is 7.11 Å². The largest absolute Gasteiger partial charge is 0.496 e. The van der Waals surface area contributed by atoms with Crippen molar-refractivity contribution in [2.75, 3.05) is 12.4 Å². The van der Waals surface area contributed by atoms with Gasteiger partial charge in [0.25, 0.3) is 0 Å². The molecule has 6 heteroatoms. The number of nitrogens with zero attached hydrogens (tertiary/aromatic N) is 2. The molecule has 4 aromatic rings. The highest BCUT2D eigenvalue weighted by Crippen LogP contribution is 2.26. The van der Waals surface area contributed by atoms with Gasteiger partial charge in [0.05, 0.1) is 13.5 Å². The maximum atomic E-state index is 12.5. The standard InChI is InChI=1S/C24H21N3O3/c1-16-7-5-9-18(13-16)23-26-27-24(30-23)19-10-6-11-20(14-19)25-22(28)15-17-8-3-4-12-21(17)29-2/h3-14H,15H2,1-2H3,(H,25,28). The van der Waals surface area contributed by atoms with Crippen LogP contribution in [-0.2, 0) is 11.2 Å². The van der Waals surface area contributed by atoms with Crippen LogP contribution in [0.3, 0.4) is 0 Å². The highest BCUT2D eigenvalue weighted by Gasteiger charge is 2.13. The number of benzene rings is 3. The average Bonchev–Trinajstić information content (AvgIpc) is 3.25. The third kappa shape index (κ3) is 4.38. The van der Waals surface area contributed by atoms with Crippen LogP contribution >= 0.6 is 0 Å². The number of amides is 1. The van der Waals surface area contributed by atoms with Gasteiger partial charge in [-0.25, -0.2) is 0 Å². The number of nitrogens with one attached hydrogen (secondary N) is 1. The predicted molar refractivity (Wildman–Crippen MR) is 115 cm³/mol. The van der Waals surface area contributed by atoms with E-state index in [1.807, 2.05) is 79.7 Å². The predicted octanol–water partition coefficient (Wildman–Crippen LogP) is 4.90. The zero-order valence-electron chi connectivity index (χ0n) is 16.8. The molecule has 1 aromatic heterocycles. The first kappa shape index (κ1) is 19.4. The summed E-state index contributed by atoms with van der Waals surface area (Å²) < 4.78 is 11.2. The second-order valence-electron chi connectivity index (χ2n) is 6.90. The van der Waals surface area contributed by atoms with E-state index in [9.17, 15) is 4.79 Å². The molecule has 0 bridgehead atoms. The molecule has 0 aliphatic carbocycles. The molecule has 0 aliphatic heterocycles. The van der Waals surface area contributed by atoms with Gasteiger partial charge in [0.15, 0.2) is 0 Å². The Morgan fingerprint density at radius 1 is 0.933 bits per heavy atom. The number of carbonyl (C=O) groups is 1. The highest BCUT2D eigenvalue weighted by molar-refractivity contribution is 5.93. The van der Waals surface area contributed by atoms with Gasteiger partial charge in [-0.3, -0.25) is 4.79 Å². The van der Waals surface area contributed by atoms with Crippen molar-refractivity contribution in [1.82, 2.24) is 10.2 Å².